The van der Waals surface area contributed by atoms with Gasteiger partial charge in [0.25, 0.3) is 21.9 Å². The van der Waals surface area contributed by atoms with Crippen LogP contribution >= 0.6 is 0 Å². The van der Waals surface area contributed by atoms with Gasteiger partial charge in [0.1, 0.15) is 11.4 Å². The lowest BCUT2D eigenvalue weighted by Gasteiger charge is -2.13. The summed E-state index contributed by atoms with van der Waals surface area (Å²) in [5.74, 6) is -3.87. The number of rotatable bonds is 6. The van der Waals surface area contributed by atoms with Gasteiger partial charge in [0.2, 0.25) is 0 Å². The van der Waals surface area contributed by atoms with E-state index in [0.29, 0.717) is 6.54 Å². The lowest BCUT2D eigenvalue weighted by molar-refractivity contribution is 0.0113. The van der Waals surface area contributed by atoms with Crippen molar-refractivity contribution < 1.29 is 22.0 Å². The van der Waals surface area contributed by atoms with Crippen molar-refractivity contribution >= 4 is 21.6 Å². The Morgan fingerprint density at radius 2 is 2.07 bits per heavy atom. The van der Waals surface area contributed by atoms with Gasteiger partial charge in [0.15, 0.2) is 5.03 Å². The van der Waals surface area contributed by atoms with Crippen molar-refractivity contribution in [1.29, 1.82) is 0 Å². The molecule has 2 aromatic heterocycles. The average molecular weight is 413 g/mol. The number of pyridine rings is 1. The van der Waals surface area contributed by atoms with Gasteiger partial charge in [-0.1, -0.05) is 6.92 Å². The van der Waals surface area contributed by atoms with Crippen LogP contribution in [-0.2, 0) is 22.5 Å². The molecule has 0 saturated heterocycles. The molecular weight excluding hydrogens is 392 g/mol. The molecule has 1 aliphatic rings. The van der Waals surface area contributed by atoms with Crippen LogP contribution in [0.1, 0.15) is 48.4 Å². The average Bonchev–Trinajstić information content (AvgIpc) is 3.17. The quantitative estimate of drug-likeness (QED) is 0.753. The monoisotopic (exact) mass is 413 g/mol. The Hall–Kier alpha value is -2.40. The number of nitrogens with zero attached hydrogens (tertiary/aromatic N) is 3. The van der Waals surface area contributed by atoms with Crippen molar-refractivity contribution in [2.45, 2.75) is 51.1 Å². The summed E-state index contributed by atoms with van der Waals surface area (Å²) < 4.78 is 52.0. The van der Waals surface area contributed by atoms with Crippen molar-refractivity contribution in [2.75, 3.05) is 5.32 Å². The van der Waals surface area contributed by atoms with E-state index in [1.54, 1.807) is 0 Å². The maximum Gasteiger partial charge on any atom is 0.289 e. The van der Waals surface area contributed by atoms with E-state index in [4.69, 9.17) is 5.14 Å². The Morgan fingerprint density at radius 3 is 2.61 bits per heavy atom. The standard InChI is InChI=1S/C17H21F2N5O3S/c1-10-13(15(25)22-11-4-7-21-12(8-11)28(20,26)27)24(9-16(2)5-6-16)23-14(10)17(3,18)19/h4,7-8H,5-6,9H2,1-3H3,(H2,20,26,27)(H,21,22,25). The number of nitrogens with two attached hydrogens (primary N) is 1. The molecule has 11 heteroatoms. The number of primary sulfonamides is 1. The summed E-state index contributed by atoms with van der Waals surface area (Å²) in [5, 5.41) is 11.1. The third kappa shape index (κ3) is 4.20. The predicted octanol–water partition coefficient (Wildman–Crippen LogP) is 2.40. The molecule has 152 valence electrons. The molecule has 0 spiro atoms. The van der Waals surface area contributed by atoms with E-state index >= 15 is 0 Å². The molecule has 8 nitrogen and oxygen atoms in total. The molecule has 0 atom stereocenters. The number of hydrogen-bond donors (Lipinski definition) is 2. The highest BCUT2D eigenvalue weighted by atomic mass is 32.2. The highest BCUT2D eigenvalue weighted by molar-refractivity contribution is 7.89. The van der Waals surface area contributed by atoms with E-state index in [0.717, 1.165) is 25.8 Å². The number of hydrogen-bond acceptors (Lipinski definition) is 5. The molecule has 3 rings (SSSR count). The van der Waals surface area contributed by atoms with Crippen LogP contribution in [0, 0.1) is 12.3 Å². The number of anilines is 1. The van der Waals surface area contributed by atoms with Gasteiger partial charge in [0, 0.05) is 37.0 Å². The first-order chi connectivity index (χ1) is 12.8. The van der Waals surface area contributed by atoms with Gasteiger partial charge in [-0.3, -0.25) is 9.48 Å². The maximum absolute atomic E-state index is 13.9. The van der Waals surface area contributed by atoms with Crippen molar-refractivity contribution in [3.8, 4) is 0 Å². The number of carbonyl (C=O) groups is 1. The fourth-order valence-electron chi connectivity index (χ4n) is 2.94. The Balaban J connectivity index is 1.98. The van der Waals surface area contributed by atoms with Gasteiger partial charge in [0.05, 0.1) is 0 Å². The largest absolute Gasteiger partial charge is 0.321 e. The molecule has 0 bridgehead atoms. The van der Waals surface area contributed by atoms with E-state index < -0.39 is 32.6 Å². The first-order valence-electron chi connectivity index (χ1n) is 8.56. The van der Waals surface area contributed by atoms with Crippen LogP contribution < -0.4 is 10.5 Å². The highest BCUT2D eigenvalue weighted by Crippen LogP contribution is 2.47. The molecule has 3 N–H and O–H groups in total. The first kappa shape index (κ1) is 20.3. The Kier molecular flexibility index (Phi) is 4.79. The van der Waals surface area contributed by atoms with Gasteiger partial charge < -0.3 is 5.32 Å². The van der Waals surface area contributed by atoms with E-state index in [-0.39, 0.29) is 22.4 Å². The van der Waals surface area contributed by atoms with Crippen LogP contribution in [0.15, 0.2) is 23.4 Å². The van der Waals surface area contributed by atoms with Crippen molar-refractivity contribution in [1.82, 2.24) is 14.8 Å². The molecule has 1 saturated carbocycles. The lowest BCUT2D eigenvalue weighted by atomic mass is 10.1. The summed E-state index contributed by atoms with van der Waals surface area (Å²) in [6.45, 7) is 4.49. The summed E-state index contributed by atoms with van der Waals surface area (Å²) >= 11 is 0. The zero-order chi connectivity index (χ0) is 20.9. The van der Waals surface area contributed by atoms with Crippen LogP contribution in [0.5, 0.6) is 0 Å². The third-order valence-electron chi connectivity index (χ3n) is 4.74. The van der Waals surface area contributed by atoms with E-state index in [9.17, 15) is 22.0 Å². The molecule has 0 aromatic carbocycles. The fraction of sp³-hybridized carbons (Fsp3) is 0.471. The zero-order valence-electron chi connectivity index (χ0n) is 15.7. The number of aromatic nitrogens is 3. The second-order valence-electron chi connectivity index (χ2n) is 7.56. The third-order valence-corrected chi connectivity index (χ3v) is 5.55. The van der Waals surface area contributed by atoms with E-state index in [1.807, 2.05) is 6.92 Å². The minimum Gasteiger partial charge on any atom is -0.321 e. The van der Waals surface area contributed by atoms with Crippen LogP contribution in [0.4, 0.5) is 14.5 Å². The molecule has 2 aromatic rings. The number of sulfonamides is 1. The van der Waals surface area contributed by atoms with Crippen LogP contribution in [0.25, 0.3) is 0 Å². The molecule has 1 amide bonds. The molecule has 2 heterocycles. The van der Waals surface area contributed by atoms with Crippen molar-refractivity contribution in [3.05, 3.63) is 35.3 Å². The topological polar surface area (TPSA) is 120 Å². The molecule has 0 aliphatic heterocycles. The number of nitrogens with one attached hydrogen (secondary N) is 1. The van der Waals surface area contributed by atoms with Crippen molar-refractivity contribution in [3.63, 3.8) is 0 Å². The van der Waals surface area contributed by atoms with Gasteiger partial charge in [-0.25, -0.2) is 18.5 Å². The van der Waals surface area contributed by atoms with Crippen molar-refractivity contribution in [2.24, 2.45) is 10.6 Å². The van der Waals surface area contributed by atoms with Gasteiger partial charge in [-0.2, -0.15) is 13.9 Å². The van der Waals surface area contributed by atoms with E-state index in [2.05, 4.69) is 15.4 Å². The first-order valence-corrected chi connectivity index (χ1v) is 10.1. The smallest absolute Gasteiger partial charge is 0.289 e. The SMILES string of the molecule is Cc1c(C(C)(F)F)nn(CC2(C)CC2)c1C(=O)Nc1ccnc(S(N)(=O)=O)c1. The molecule has 1 fully saturated rings. The van der Waals surface area contributed by atoms with Crippen LogP contribution in [0.3, 0.4) is 0 Å². The fourth-order valence-corrected chi connectivity index (χ4v) is 3.44. The number of alkyl halides is 2. The molecule has 1 aliphatic carbocycles. The van der Waals surface area contributed by atoms with Crippen LogP contribution in [0.2, 0.25) is 0 Å². The molecule has 0 unspecified atom stereocenters. The Bertz CT molecular complexity index is 1040. The summed E-state index contributed by atoms with van der Waals surface area (Å²) in [4.78, 5) is 16.5. The Morgan fingerprint density at radius 1 is 1.43 bits per heavy atom. The normalized spacial score (nSPS) is 16.1. The molecular formula is C17H21F2N5O3S. The summed E-state index contributed by atoms with van der Waals surface area (Å²) in [7, 11) is -4.05. The summed E-state index contributed by atoms with van der Waals surface area (Å²) in [6.07, 6.45) is 3.02. The molecule has 28 heavy (non-hydrogen) atoms. The number of halogens is 2. The van der Waals surface area contributed by atoms with Gasteiger partial charge in [-0.05, 0) is 31.2 Å². The highest BCUT2D eigenvalue weighted by Gasteiger charge is 2.41. The zero-order valence-corrected chi connectivity index (χ0v) is 16.5. The Labute approximate surface area is 161 Å². The minimum absolute atomic E-state index is 0.0126. The van der Waals surface area contributed by atoms with Gasteiger partial charge in [-0.15, -0.1) is 0 Å². The summed E-state index contributed by atoms with van der Waals surface area (Å²) in [5.41, 5.74) is -0.320. The number of amides is 1. The van der Waals surface area contributed by atoms with E-state index in [1.165, 1.54) is 23.9 Å². The number of carbonyl (C=O) groups excluding carboxylic acids is 1. The lowest BCUT2D eigenvalue weighted by Crippen LogP contribution is -2.22. The maximum atomic E-state index is 13.9. The second kappa shape index (κ2) is 6.59. The predicted molar refractivity (Wildman–Crippen MR) is 97.4 cm³/mol. The summed E-state index contributed by atoms with van der Waals surface area (Å²) in [6, 6.07) is 2.47. The van der Waals surface area contributed by atoms with Crippen LogP contribution in [-0.4, -0.2) is 29.1 Å². The van der Waals surface area contributed by atoms with Gasteiger partial charge >= 0.3 is 0 Å². The second-order valence-corrected chi connectivity index (χ2v) is 9.07. The minimum atomic E-state index is -4.05. The molecule has 0 radical (unpaired) electrons.